The number of nitrogen functional groups attached to an aromatic ring is 1. The molecule has 0 unspecified atom stereocenters. The third-order valence-electron chi connectivity index (χ3n) is 4.63. The van der Waals surface area contributed by atoms with E-state index in [9.17, 15) is 8.42 Å². The molecular weight excluding hydrogens is 286 g/mol. The molecule has 0 bridgehead atoms. The zero-order valence-corrected chi connectivity index (χ0v) is 13.1. The normalized spacial score (nSPS) is 22.7. The molecule has 116 valence electrons. The number of nitrogens with zero attached hydrogens (tertiary/aromatic N) is 2. The number of sulfonamides is 1. The van der Waals surface area contributed by atoms with Crippen LogP contribution in [-0.4, -0.2) is 49.8 Å². The van der Waals surface area contributed by atoms with Gasteiger partial charge in [0.1, 0.15) is 0 Å². The summed E-state index contributed by atoms with van der Waals surface area (Å²) >= 11 is 0. The second kappa shape index (κ2) is 5.94. The Bertz CT molecular complexity index is 571. The topological polar surface area (TPSA) is 66.6 Å². The standard InChI is InChI=1S/C15H23N3O2S/c16-13-5-7-15(8-6-13)21(19,20)18-11-9-17(10-12-18)14-3-1-2-4-14/h5-8,14H,1-4,9-12,16H2. The van der Waals surface area contributed by atoms with Crippen LogP contribution < -0.4 is 5.73 Å². The molecular formula is C15H23N3O2S. The molecule has 0 spiro atoms. The van der Waals surface area contributed by atoms with Gasteiger partial charge >= 0.3 is 0 Å². The molecule has 1 aromatic carbocycles. The number of hydrogen-bond donors (Lipinski definition) is 1. The highest BCUT2D eigenvalue weighted by atomic mass is 32.2. The smallest absolute Gasteiger partial charge is 0.243 e. The molecule has 3 rings (SSSR count). The van der Waals surface area contributed by atoms with Crippen molar-refractivity contribution in [1.82, 2.24) is 9.21 Å². The van der Waals surface area contributed by atoms with Crippen molar-refractivity contribution < 1.29 is 8.42 Å². The zero-order valence-electron chi connectivity index (χ0n) is 12.2. The van der Waals surface area contributed by atoms with Crippen molar-refractivity contribution in [3.8, 4) is 0 Å². The lowest BCUT2D eigenvalue weighted by Crippen LogP contribution is -2.51. The van der Waals surface area contributed by atoms with Gasteiger partial charge in [0.2, 0.25) is 10.0 Å². The van der Waals surface area contributed by atoms with Crippen molar-refractivity contribution in [3.63, 3.8) is 0 Å². The minimum atomic E-state index is -3.37. The van der Waals surface area contributed by atoms with E-state index in [4.69, 9.17) is 5.73 Å². The van der Waals surface area contributed by atoms with Crippen molar-refractivity contribution >= 4 is 15.7 Å². The van der Waals surface area contributed by atoms with Gasteiger partial charge < -0.3 is 5.73 Å². The number of rotatable bonds is 3. The zero-order chi connectivity index (χ0) is 14.9. The second-order valence-corrected chi connectivity index (χ2v) is 7.89. The van der Waals surface area contributed by atoms with Gasteiger partial charge in [-0.1, -0.05) is 12.8 Å². The van der Waals surface area contributed by atoms with Crippen LogP contribution in [0.25, 0.3) is 0 Å². The maximum absolute atomic E-state index is 12.6. The number of anilines is 1. The molecule has 1 aliphatic heterocycles. The van der Waals surface area contributed by atoms with E-state index in [1.54, 1.807) is 28.6 Å². The molecule has 5 nitrogen and oxygen atoms in total. The van der Waals surface area contributed by atoms with Crippen LogP contribution in [0.1, 0.15) is 25.7 Å². The summed E-state index contributed by atoms with van der Waals surface area (Å²) in [5.74, 6) is 0. The van der Waals surface area contributed by atoms with E-state index in [1.165, 1.54) is 25.7 Å². The van der Waals surface area contributed by atoms with Gasteiger partial charge in [-0.15, -0.1) is 0 Å². The predicted octanol–water partition coefficient (Wildman–Crippen LogP) is 1.52. The lowest BCUT2D eigenvalue weighted by Gasteiger charge is -2.37. The summed E-state index contributed by atoms with van der Waals surface area (Å²) in [6.07, 6.45) is 5.17. The minimum absolute atomic E-state index is 0.339. The van der Waals surface area contributed by atoms with Crippen LogP contribution >= 0.6 is 0 Å². The molecule has 0 aromatic heterocycles. The highest BCUT2D eigenvalue weighted by molar-refractivity contribution is 7.89. The van der Waals surface area contributed by atoms with Crippen molar-refractivity contribution in [2.75, 3.05) is 31.9 Å². The summed E-state index contributed by atoms with van der Waals surface area (Å²) in [7, 11) is -3.37. The molecule has 0 radical (unpaired) electrons. The van der Waals surface area contributed by atoms with E-state index in [0.717, 1.165) is 13.1 Å². The third kappa shape index (κ3) is 3.07. The van der Waals surface area contributed by atoms with Gasteiger partial charge in [0.05, 0.1) is 4.90 Å². The Kier molecular flexibility index (Phi) is 4.19. The van der Waals surface area contributed by atoms with Gasteiger partial charge in [-0.2, -0.15) is 4.31 Å². The van der Waals surface area contributed by atoms with Crippen LogP contribution in [-0.2, 0) is 10.0 Å². The number of hydrogen-bond acceptors (Lipinski definition) is 4. The highest BCUT2D eigenvalue weighted by Gasteiger charge is 2.31. The molecule has 1 aliphatic carbocycles. The summed E-state index contributed by atoms with van der Waals surface area (Å²) in [5.41, 5.74) is 6.20. The van der Waals surface area contributed by atoms with Crippen LogP contribution in [0.4, 0.5) is 5.69 Å². The first-order valence-electron chi connectivity index (χ1n) is 7.67. The van der Waals surface area contributed by atoms with Crippen LogP contribution in [0.5, 0.6) is 0 Å². The van der Waals surface area contributed by atoms with Crippen molar-refractivity contribution in [2.45, 2.75) is 36.6 Å². The van der Waals surface area contributed by atoms with Gasteiger partial charge in [-0.3, -0.25) is 4.90 Å². The van der Waals surface area contributed by atoms with E-state index in [1.807, 2.05) is 0 Å². The van der Waals surface area contributed by atoms with Gasteiger partial charge in [-0.25, -0.2) is 8.42 Å². The van der Waals surface area contributed by atoms with Crippen LogP contribution in [0.3, 0.4) is 0 Å². The minimum Gasteiger partial charge on any atom is -0.399 e. The Labute approximate surface area is 126 Å². The van der Waals surface area contributed by atoms with E-state index in [2.05, 4.69) is 4.90 Å². The fourth-order valence-corrected chi connectivity index (χ4v) is 4.79. The third-order valence-corrected chi connectivity index (χ3v) is 6.55. The molecule has 2 fully saturated rings. The van der Waals surface area contributed by atoms with E-state index in [-0.39, 0.29) is 0 Å². The largest absolute Gasteiger partial charge is 0.399 e. The molecule has 0 amide bonds. The Morgan fingerprint density at radius 3 is 2.10 bits per heavy atom. The summed E-state index contributed by atoms with van der Waals surface area (Å²) < 4.78 is 26.8. The first-order chi connectivity index (χ1) is 10.1. The lowest BCUT2D eigenvalue weighted by atomic mass is 10.2. The number of nitrogens with two attached hydrogens (primary N) is 1. The Morgan fingerprint density at radius 2 is 1.52 bits per heavy atom. The summed E-state index contributed by atoms with van der Waals surface area (Å²) in [4.78, 5) is 2.80. The average Bonchev–Trinajstić information content (AvgIpc) is 3.02. The van der Waals surface area contributed by atoms with Gasteiger partial charge in [0.25, 0.3) is 0 Å². The van der Waals surface area contributed by atoms with Gasteiger partial charge in [0.15, 0.2) is 0 Å². The predicted molar refractivity (Wildman–Crippen MR) is 83.4 cm³/mol. The molecule has 2 N–H and O–H groups in total. The van der Waals surface area contributed by atoms with Crippen LogP contribution in [0, 0.1) is 0 Å². The fraction of sp³-hybridized carbons (Fsp3) is 0.600. The Balaban J connectivity index is 1.66. The molecule has 1 aromatic rings. The number of benzene rings is 1. The average molecular weight is 309 g/mol. The molecule has 2 aliphatic rings. The van der Waals surface area contributed by atoms with Crippen LogP contribution in [0.15, 0.2) is 29.2 Å². The first kappa shape index (κ1) is 14.8. The monoisotopic (exact) mass is 309 g/mol. The second-order valence-electron chi connectivity index (χ2n) is 5.95. The molecule has 6 heteroatoms. The van der Waals surface area contributed by atoms with Crippen molar-refractivity contribution in [2.24, 2.45) is 0 Å². The summed E-state index contributed by atoms with van der Waals surface area (Å²) in [5, 5.41) is 0. The molecule has 21 heavy (non-hydrogen) atoms. The number of piperazine rings is 1. The van der Waals surface area contributed by atoms with E-state index >= 15 is 0 Å². The first-order valence-corrected chi connectivity index (χ1v) is 9.11. The molecule has 1 heterocycles. The highest BCUT2D eigenvalue weighted by Crippen LogP contribution is 2.26. The Hall–Kier alpha value is -1.11. The fourth-order valence-electron chi connectivity index (χ4n) is 3.37. The summed E-state index contributed by atoms with van der Waals surface area (Å²) in [6.45, 7) is 2.87. The van der Waals surface area contributed by atoms with E-state index < -0.39 is 10.0 Å². The quantitative estimate of drug-likeness (QED) is 0.860. The SMILES string of the molecule is Nc1ccc(S(=O)(=O)N2CCN(C3CCCC3)CC2)cc1. The summed E-state index contributed by atoms with van der Waals surface area (Å²) in [6, 6.07) is 7.14. The molecule has 1 saturated carbocycles. The van der Waals surface area contributed by atoms with Crippen molar-refractivity contribution in [1.29, 1.82) is 0 Å². The molecule has 1 saturated heterocycles. The lowest BCUT2D eigenvalue weighted by molar-refractivity contribution is 0.139. The molecule has 0 atom stereocenters. The maximum atomic E-state index is 12.6. The van der Waals surface area contributed by atoms with Crippen LogP contribution in [0.2, 0.25) is 0 Å². The van der Waals surface area contributed by atoms with Gasteiger partial charge in [0, 0.05) is 37.9 Å². The van der Waals surface area contributed by atoms with Crippen molar-refractivity contribution in [3.05, 3.63) is 24.3 Å². The Morgan fingerprint density at radius 1 is 0.952 bits per heavy atom. The van der Waals surface area contributed by atoms with E-state index in [0.29, 0.717) is 29.7 Å². The maximum Gasteiger partial charge on any atom is 0.243 e. The van der Waals surface area contributed by atoms with Gasteiger partial charge in [-0.05, 0) is 37.1 Å².